The molecule has 0 aliphatic carbocycles. The van der Waals surface area contributed by atoms with Crippen molar-refractivity contribution in [1.29, 1.82) is 5.26 Å². The first-order chi connectivity index (χ1) is 13.5. The van der Waals surface area contributed by atoms with Gasteiger partial charge in [-0.25, -0.2) is 4.98 Å². The van der Waals surface area contributed by atoms with Crippen molar-refractivity contribution >= 4 is 40.1 Å². The molecule has 142 valence electrons. The van der Waals surface area contributed by atoms with Crippen molar-refractivity contribution in [3.05, 3.63) is 58.4 Å². The van der Waals surface area contributed by atoms with E-state index in [2.05, 4.69) is 21.4 Å². The Hall–Kier alpha value is -2.60. The third-order valence-electron chi connectivity index (χ3n) is 4.78. The molecule has 1 amide bonds. The van der Waals surface area contributed by atoms with Gasteiger partial charge in [-0.15, -0.1) is 0 Å². The number of hydrogen-bond acceptors (Lipinski definition) is 7. The summed E-state index contributed by atoms with van der Waals surface area (Å²) < 4.78 is 6.11. The molecule has 0 saturated carbocycles. The molecule has 4 rings (SSSR count). The van der Waals surface area contributed by atoms with Gasteiger partial charge >= 0.3 is 0 Å². The quantitative estimate of drug-likeness (QED) is 0.799. The van der Waals surface area contributed by atoms with Crippen molar-refractivity contribution in [3.63, 3.8) is 0 Å². The molecule has 28 heavy (non-hydrogen) atoms. The summed E-state index contributed by atoms with van der Waals surface area (Å²) in [5.41, 5.74) is 7.94. The number of aliphatic imine (C=N–C) groups is 1. The predicted molar refractivity (Wildman–Crippen MR) is 108 cm³/mol. The zero-order valence-corrected chi connectivity index (χ0v) is 16.3. The molecule has 1 aromatic heterocycles. The van der Waals surface area contributed by atoms with Gasteiger partial charge in [-0.3, -0.25) is 9.79 Å². The number of fused-ring (bicyclic) bond motifs is 1. The molecule has 9 heteroatoms. The van der Waals surface area contributed by atoms with Gasteiger partial charge in [0.2, 0.25) is 0 Å². The molecule has 2 atom stereocenters. The summed E-state index contributed by atoms with van der Waals surface area (Å²) >= 11 is 7.15. The number of rotatable bonds is 3. The lowest BCUT2D eigenvalue weighted by Gasteiger charge is -2.36. The highest BCUT2D eigenvalue weighted by Crippen LogP contribution is 2.53. The molecule has 0 unspecified atom stereocenters. The van der Waals surface area contributed by atoms with E-state index in [1.165, 1.54) is 18.0 Å². The first-order valence-electron chi connectivity index (χ1n) is 8.62. The van der Waals surface area contributed by atoms with Gasteiger partial charge in [-0.2, -0.15) is 5.26 Å². The van der Waals surface area contributed by atoms with Crippen molar-refractivity contribution in [1.82, 2.24) is 4.98 Å². The number of thioether (sulfide) groups is 1. The topological polar surface area (TPSA) is 113 Å². The summed E-state index contributed by atoms with van der Waals surface area (Å²) in [6, 6.07) is 10.5. The fraction of sp³-hybridized carbons (Fsp3) is 0.263. The van der Waals surface area contributed by atoms with E-state index in [0.717, 1.165) is 6.42 Å². The maximum atomic E-state index is 12.5. The van der Waals surface area contributed by atoms with E-state index in [1.54, 1.807) is 30.3 Å². The van der Waals surface area contributed by atoms with Crippen LogP contribution in [0.4, 0.5) is 5.69 Å². The summed E-state index contributed by atoms with van der Waals surface area (Å²) in [6.07, 6.45) is 2.25. The maximum absolute atomic E-state index is 12.5. The number of anilines is 1. The minimum Gasteiger partial charge on any atom is -0.378 e. The Morgan fingerprint density at radius 3 is 3.04 bits per heavy atom. The zero-order chi connectivity index (χ0) is 19.7. The van der Waals surface area contributed by atoms with E-state index >= 15 is 0 Å². The normalized spacial score (nSPS) is 23.4. The molecule has 2 aliphatic rings. The second kappa shape index (κ2) is 7.43. The average molecular weight is 414 g/mol. The summed E-state index contributed by atoms with van der Waals surface area (Å²) in [7, 11) is 0. The average Bonchev–Trinajstić information content (AvgIpc) is 3.12. The highest BCUT2D eigenvalue weighted by atomic mass is 35.5. The zero-order valence-electron chi connectivity index (χ0n) is 14.7. The van der Waals surface area contributed by atoms with E-state index in [-0.39, 0.29) is 17.5 Å². The Labute approximate surface area is 170 Å². The molecule has 3 N–H and O–H groups in total. The van der Waals surface area contributed by atoms with Crippen LogP contribution in [-0.4, -0.2) is 29.2 Å². The van der Waals surface area contributed by atoms with Gasteiger partial charge < -0.3 is 15.8 Å². The fourth-order valence-electron chi connectivity index (χ4n) is 3.44. The van der Waals surface area contributed by atoms with Gasteiger partial charge in [0.15, 0.2) is 10.1 Å². The lowest BCUT2D eigenvalue weighted by atomic mass is 9.91. The number of hydrogen-bond donors (Lipinski definition) is 2. The number of aromatic nitrogens is 1. The summed E-state index contributed by atoms with van der Waals surface area (Å²) in [5, 5.41) is 13.3. The van der Waals surface area contributed by atoms with Gasteiger partial charge in [0.05, 0.1) is 16.7 Å². The largest absolute Gasteiger partial charge is 0.378 e. The van der Waals surface area contributed by atoms with Gasteiger partial charge in [0.25, 0.3) is 5.91 Å². The smallest absolute Gasteiger partial charge is 0.274 e. The van der Waals surface area contributed by atoms with Crippen LogP contribution in [0.2, 0.25) is 5.02 Å². The number of carbonyl (C=O) groups is 1. The van der Waals surface area contributed by atoms with Crippen LogP contribution >= 0.6 is 23.4 Å². The number of nitrogens with one attached hydrogen (secondary N) is 1. The van der Waals surface area contributed by atoms with Crippen LogP contribution in [0.25, 0.3) is 0 Å². The molecule has 2 aromatic rings. The number of carbonyl (C=O) groups excluding carboxylic acids is 1. The number of nitriles is 1. The van der Waals surface area contributed by atoms with Gasteiger partial charge in [-0.1, -0.05) is 11.6 Å². The summed E-state index contributed by atoms with van der Waals surface area (Å²) in [4.78, 5) is 20.1. The number of pyridine rings is 1. The molecular weight excluding hydrogens is 398 g/mol. The molecule has 3 heterocycles. The van der Waals surface area contributed by atoms with Crippen LogP contribution in [0, 0.1) is 17.2 Å². The fourth-order valence-corrected chi connectivity index (χ4v) is 4.78. The number of halogens is 1. The second-order valence-corrected chi connectivity index (χ2v) is 8.14. The monoisotopic (exact) mass is 413 g/mol. The number of nitrogens with zero attached hydrogens (tertiary/aromatic N) is 3. The van der Waals surface area contributed by atoms with Crippen LogP contribution in [0.15, 0.2) is 41.5 Å². The summed E-state index contributed by atoms with van der Waals surface area (Å²) in [6.45, 7) is 1.12. The van der Waals surface area contributed by atoms with Crippen LogP contribution < -0.4 is 11.1 Å². The molecular formula is C19H16ClN5O2S. The maximum Gasteiger partial charge on any atom is 0.274 e. The predicted octanol–water partition coefficient (Wildman–Crippen LogP) is 3.11. The van der Waals surface area contributed by atoms with Crippen LogP contribution in [0.1, 0.15) is 28.0 Å². The number of ether oxygens (including phenoxy) is 1. The Morgan fingerprint density at radius 1 is 1.43 bits per heavy atom. The Balaban J connectivity index is 1.69. The molecule has 7 nitrogen and oxygen atoms in total. The molecule has 1 saturated heterocycles. The third-order valence-corrected chi connectivity index (χ3v) is 6.31. The molecule has 1 fully saturated rings. The standard InChI is InChI=1S/C19H16ClN5O2S/c20-13-2-4-16(23-10-13)17(26)25-14-3-1-11(8-21)15(7-14)19-12(5-6-27-19)9-24-18(22)28-19/h1-4,7,10,12H,5-6,9H2,(H2,22,24)(H,25,26)/t12-,19-/m1/s1. The van der Waals surface area contributed by atoms with Crippen molar-refractivity contribution in [2.75, 3.05) is 18.5 Å². The van der Waals surface area contributed by atoms with Crippen molar-refractivity contribution in [2.24, 2.45) is 16.6 Å². The first kappa shape index (κ1) is 18.7. The number of amidine groups is 1. The van der Waals surface area contributed by atoms with Crippen molar-refractivity contribution < 1.29 is 9.53 Å². The van der Waals surface area contributed by atoms with Crippen LogP contribution in [0.5, 0.6) is 0 Å². The second-order valence-electron chi connectivity index (χ2n) is 6.47. The van der Waals surface area contributed by atoms with Crippen molar-refractivity contribution in [3.8, 4) is 6.07 Å². The van der Waals surface area contributed by atoms with Gasteiger partial charge in [-0.05, 0) is 48.5 Å². The van der Waals surface area contributed by atoms with Gasteiger partial charge in [0.1, 0.15) is 5.69 Å². The number of benzene rings is 1. The van der Waals surface area contributed by atoms with E-state index in [0.29, 0.717) is 40.2 Å². The molecule has 2 aliphatic heterocycles. The molecule has 0 spiro atoms. The van der Waals surface area contributed by atoms with Crippen molar-refractivity contribution in [2.45, 2.75) is 11.4 Å². The Bertz CT molecular complexity index is 1000. The first-order valence-corrected chi connectivity index (χ1v) is 9.82. The van der Waals surface area contributed by atoms with Gasteiger partial charge in [0, 0.05) is 36.5 Å². The highest BCUT2D eigenvalue weighted by molar-refractivity contribution is 8.14. The van der Waals surface area contributed by atoms with E-state index in [9.17, 15) is 10.1 Å². The minimum absolute atomic E-state index is 0.112. The van der Waals surface area contributed by atoms with Crippen LogP contribution in [0.3, 0.4) is 0 Å². The van der Waals surface area contributed by atoms with E-state index < -0.39 is 4.93 Å². The molecule has 0 bridgehead atoms. The van der Waals surface area contributed by atoms with E-state index in [4.69, 9.17) is 22.1 Å². The number of nitrogens with two attached hydrogens (primary N) is 1. The SMILES string of the molecule is N#Cc1ccc(NC(=O)c2ccc(Cl)cn2)cc1[C@@]12OCC[C@@H]1CN=C(N)S2. The lowest BCUT2D eigenvalue weighted by Crippen LogP contribution is -2.38. The minimum atomic E-state index is -0.768. The lowest BCUT2D eigenvalue weighted by molar-refractivity contribution is 0.0589. The molecule has 1 aromatic carbocycles. The summed E-state index contributed by atoms with van der Waals surface area (Å²) in [5.74, 6) is -0.258. The number of amides is 1. The highest BCUT2D eigenvalue weighted by Gasteiger charge is 2.50. The Morgan fingerprint density at radius 2 is 2.29 bits per heavy atom. The molecule has 0 radical (unpaired) electrons. The third kappa shape index (κ3) is 3.33. The van der Waals surface area contributed by atoms with Crippen LogP contribution in [-0.2, 0) is 9.67 Å². The van der Waals surface area contributed by atoms with E-state index in [1.807, 2.05) is 0 Å². The Kier molecular flexibility index (Phi) is 4.98.